The van der Waals surface area contributed by atoms with Crippen molar-refractivity contribution in [2.24, 2.45) is 0 Å². The lowest BCUT2D eigenvalue weighted by Gasteiger charge is -2.34. The van der Waals surface area contributed by atoms with Gasteiger partial charge in [-0.2, -0.15) is 0 Å². The van der Waals surface area contributed by atoms with Crippen LogP contribution < -0.4 is 5.56 Å². The Labute approximate surface area is 190 Å². The number of rotatable bonds is 2. The molecule has 160 valence electrons. The molecule has 0 spiro atoms. The first-order valence-electron chi connectivity index (χ1n) is 9.41. The van der Waals surface area contributed by atoms with Crippen LogP contribution in [0.25, 0.3) is 22.4 Å². The van der Waals surface area contributed by atoms with Crippen LogP contribution >= 0.6 is 36.4 Å². The van der Waals surface area contributed by atoms with Gasteiger partial charge >= 0.3 is 0 Å². The van der Waals surface area contributed by atoms with E-state index in [9.17, 15) is 9.59 Å². The number of nitrogens with zero attached hydrogens (tertiary/aromatic N) is 3. The molecule has 2 aliphatic rings. The normalized spacial score (nSPS) is 17.0. The van der Waals surface area contributed by atoms with Crippen LogP contribution in [0.3, 0.4) is 0 Å². The third-order valence-electron chi connectivity index (χ3n) is 5.81. The van der Waals surface area contributed by atoms with Gasteiger partial charge in [-0.3, -0.25) is 9.59 Å². The van der Waals surface area contributed by atoms with E-state index in [4.69, 9.17) is 11.6 Å². The summed E-state index contributed by atoms with van der Waals surface area (Å²) in [5.74, 6) is 0.483. The summed E-state index contributed by atoms with van der Waals surface area (Å²) < 4.78 is 0. The van der Waals surface area contributed by atoms with Gasteiger partial charge in [-0.05, 0) is 56.7 Å². The van der Waals surface area contributed by atoms with Crippen molar-refractivity contribution in [1.29, 1.82) is 0 Å². The number of amides is 1. The van der Waals surface area contributed by atoms with Gasteiger partial charge in [0.1, 0.15) is 11.4 Å². The average Bonchev–Trinajstić information content (AvgIpc) is 3.21. The Morgan fingerprint density at radius 1 is 1.17 bits per heavy atom. The van der Waals surface area contributed by atoms with Crippen LogP contribution in [0, 0.1) is 0 Å². The van der Waals surface area contributed by atoms with E-state index < -0.39 is 0 Å². The molecule has 1 amide bonds. The number of hydrogen-bond donors (Lipinski definition) is 2. The predicted molar refractivity (Wildman–Crippen MR) is 122 cm³/mol. The van der Waals surface area contributed by atoms with E-state index in [1.165, 1.54) is 6.20 Å². The van der Waals surface area contributed by atoms with Crippen LogP contribution in [0.15, 0.2) is 29.2 Å². The molecule has 7 nitrogen and oxygen atoms in total. The number of benzene rings is 1. The van der Waals surface area contributed by atoms with Crippen molar-refractivity contribution < 1.29 is 4.79 Å². The Morgan fingerprint density at radius 2 is 1.90 bits per heavy atom. The summed E-state index contributed by atoms with van der Waals surface area (Å²) in [7, 11) is 2.12. The highest BCUT2D eigenvalue weighted by Crippen LogP contribution is 2.32. The van der Waals surface area contributed by atoms with E-state index >= 15 is 0 Å². The smallest absolute Gasteiger partial charge is 0.260 e. The first kappa shape index (κ1) is 22.6. The van der Waals surface area contributed by atoms with Gasteiger partial charge in [-0.1, -0.05) is 11.6 Å². The zero-order valence-corrected chi connectivity index (χ0v) is 18.7. The minimum absolute atomic E-state index is 0. The monoisotopic (exact) mass is 469 g/mol. The Balaban J connectivity index is 0.00000128. The zero-order chi connectivity index (χ0) is 19.4. The Morgan fingerprint density at radius 3 is 2.60 bits per heavy atom. The highest BCUT2D eigenvalue weighted by atomic mass is 35.5. The third kappa shape index (κ3) is 3.71. The van der Waals surface area contributed by atoms with Crippen molar-refractivity contribution in [3.8, 4) is 11.4 Å². The van der Waals surface area contributed by atoms with E-state index in [-0.39, 0.29) is 36.3 Å². The molecular formula is C20H22Cl3N5O2. The molecule has 0 bridgehead atoms. The minimum Gasteiger partial charge on any atom is -0.338 e. The van der Waals surface area contributed by atoms with Crippen molar-refractivity contribution in [3.05, 3.63) is 50.9 Å². The van der Waals surface area contributed by atoms with Crippen LogP contribution in [-0.2, 0) is 6.54 Å². The molecule has 30 heavy (non-hydrogen) atoms. The maximum Gasteiger partial charge on any atom is 0.260 e. The molecule has 2 aliphatic heterocycles. The van der Waals surface area contributed by atoms with Gasteiger partial charge in [0.2, 0.25) is 0 Å². The lowest BCUT2D eigenvalue weighted by atomic mass is 10.0. The summed E-state index contributed by atoms with van der Waals surface area (Å²) in [6.07, 6.45) is 3.51. The Bertz CT molecular complexity index is 1150. The molecule has 10 heteroatoms. The number of aromatic amines is 2. The molecule has 4 heterocycles. The highest BCUT2D eigenvalue weighted by Gasteiger charge is 2.34. The van der Waals surface area contributed by atoms with Crippen molar-refractivity contribution in [2.75, 3.05) is 20.1 Å². The second-order valence-electron chi connectivity index (χ2n) is 7.61. The van der Waals surface area contributed by atoms with Gasteiger partial charge in [-0.25, -0.2) is 4.98 Å². The van der Waals surface area contributed by atoms with Gasteiger partial charge < -0.3 is 19.8 Å². The summed E-state index contributed by atoms with van der Waals surface area (Å²) in [5, 5.41) is 0.333. The lowest BCUT2D eigenvalue weighted by molar-refractivity contribution is 0.0617. The number of fused-ring (bicyclic) bond motifs is 2. The SMILES string of the molecule is CN1CCC(N2Cc3cc4[nH]c(-c5c(Cl)cc[nH]c5=O)nc4cc3C2=O)CC1.Cl.Cl. The molecule has 1 aromatic carbocycles. The minimum atomic E-state index is -0.302. The van der Waals surface area contributed by atoms with Crippen LogP contribution in [0.4, 0.5) is 0 Å². The van der Waals surface area contributed by atoms with Gasteiger partial charge in [-0.15, -0.1) is 24.8 Å². The topological polar surface area (TPSA) is 85.1 Å². The summed E-state index contributed by atoms with van der Waals surface area (Å²) in [5.41, 5.74) is 3.17. The van der Waals surface area contributed by atoms with Crippen LogP contribution in [-0.4, -0.2) is 56.8 Å². The summed E-state index contributed by atoms with van der Waals surface area (Å²) >= 11 is 6.19. The maximum atomic E-state index is 13.0. The van der Waals surface area contributed by atoms with Gasteiger partial charge in [0.15, 0.2) is 0 Å². The Hall–Kier alpha value is -2.06. The average molecular weight is 471 g/mol. The molecular weight excluding hydrogens is 449 g/mol. The molecule has 0 atom stereocenters. The number of aromatic nitrogens is 3. The van der Waals surface area contributed by atoms with E-state index in [2.05, 4.69) is 26.9 Å². The standard InChI is InChI=1S/C20H20ClN5O2.2ClH/c1-25-6-3-12(4-7-25)26-10-11-8-15-16(9-13(11)20(26)28)24-18(23-15)17-14(21)2-5-22-19(17)27;;/h2,5,8-9,12H,3-4,6-7,10H2,1H3,(H,22,27)(H,23,24);2*1H. The van der Waals surface area contributed by atoms with Crippen molar-refractivity contribution >= 4 is 53.4 Å². The number of likely N-dealkylation sites (tertiary alicyclic amines) is 1. The fraction of sp³-hybridized carbons (Fsp3) is 0.350. The van der Waals surface area contributed by atoms with E-state index in [0.29, 0.717) is 40.1 Å². The molecule has 1 fully saturated rings. The van der Waals surface area contributed by atoms with Crippen LogP contribution in [0.2, 0.25) is 5.02 Å². The summed E-state index contributed by atoms with van der Waals surface area (Å²) in [6, 6.07) is 5.71. The zero-order valence-electron chi connectivity index (χ0n) is 16.3. The molecule has 1 saturated heterocycles. The first-order valence-corrected chi connectivity index (χ1v) is 9.79. The predicted octanol–water partition coefficient (Wildman–Crippen LogP) is 3.47. The number of nitrogens with one attached hydrogen (secondary N) is 2. The molecule has 3 aromatic rings. The Kier molecular flexibility index (Phi) is 6.48. The number of H-pyrrole nitrogens is 2. The summed E-state index contributed by atoms with van der Waals surface area (Å²) in [4.78, 5) is 39.8. The molecule has 2 N–H and O–H groups in total. The molecule has 5 rings (SSSR count). The molecule has 2 aromatic heterocycles. The number of hydrogen-bond acceptors (Lipinski definition) is 4. The van der Waals surface area contributed by atoms with Crippen LogP contribution in [0.1, 0.15) is 28.8 Å². The second-order valence-corrected chi connectivity index (χ2v) is 8.02. The number of pyridine rings is 1. The van der Waals surface area contributed by atoms with Crippen molar-refractivity contribution in [3.63, 3.8) is 0 Å². The first-order chi connectivity index (χ1) is 13.5. The number of carbonyl (C=O) groups excluding carboxylic acids is 1. The maximum absolute atomic E-state index is 13.0. The second kappa shape index (κ2) is 8.59. The number of piperidine rings is 1. The largest absolute Gasteiger partial charge is 0.338 e. The van der Waals surface area contributed by atoms with E-state index in [1.54, 1.807) is 6.07 Å². The van der Waals surface area contributed by atoms with Crippen LogP contribution in [0.5, 0.6) is 0 Å². The van der Waals surface area contributed by atoms with Gasteiger partial charge in [0, 0.05) is 24.3 Å². The fourth-order valence-electron chi connectivity index (χ4n) is 4.24. The molecule has 0 unspecified atom stereocenters. The van der Waals surface area contributed by atoms with Crippen molar-refractivity contribution in [1.82, 2.24) is 24.8 Å². The molecule has 0 radical (unpaired) electrons. The lowest BCUT2D eigenvalue weighted by Crippen LogP contribution is -2.43. The van der Waals surface area contributed by atoms with Gasteiger partial charge in [0.25, 0.3) is 11.5 Å². The quantitative estimate of drug-likeness (QED) is 0.601. The molecule has 0 saturated carbocycles. The van der Waals surface area contributed by atoms with Crippen molar-refractivity contribution in [2.45, 2.75) is 25.4 Å². The van der Waals surface area contributed by atoms with Gasteiger partial charge in [0.05, 0.1) is 16.1 Å². The molecule has 0 aliphatic carbocycles. The number of halogens is 3. The highest BCUT2D eigenvalue weighted by molar-refractivity contribution is 6.33. The number of imidazole rings is 1. The summed E-state index contributed by atoms with van der Waals surface area (Å²) in [6.45, 7) is 2.66. The van der Waals surface area contributed by atoms with E-state index in [0.717, 1.165) is 37.0 Å². The van der Waals surface area contributed by atoms with E-state index in [1.807, 2.05) is 17.0 Å². The number of carbonyl (C=O) groups is 1. The third-order valence-corrected chi connectivity index (χ3v) is 6.13. The fourth-order valence-corrected chi connectivity index (χ4v) is 4.48.